The van der Waals surface area contributed by atoms with Gasteiger partial charge in [0, 0.05) is 18.5 Å². The third-order valence-electron chi connectivity index (χ3n) is 3.67. The predicted octanol–water partition coefficient (Wildman–Crippen LogP) is 3.77. The Bertz CT molecular complexity index is 423. The topological polar surface area (TPSA) is 46.3 Å². The van der Waals surface area contributed by atoms with Gasteiger partial charge in [0.15, 0.2) is 0 Å². The lowest BCUT2D eigenvalue weighted by molar-refractivity contribution is -0.131. The highest BCUT2D eigenvalue weighted by Crippen LogP contribution is 2.26. The molecule has 2 N–H and O–H groups in total. The Hall–Kier alpha value is -1.06. The molecule has 0 radical (unpaired) electrons. The molecule has 1 rings (SSSR count). The van der Waals surface area contributed by atoms with Crippen LogP contribution in [-0.2, 0) is 4.79 Å². The van der Waals surface area contributed by atoms with E-state index in [2.05, 4.69) is 0 Å². The van der Waals surface area contributed by atoms with E-state index in [-0.39, 0.29) is 11.9 Å². The highest BCUT2D eigenvalue weighted by atomic mass is 35.5. The van der Waals surface area contributed by atoms with Gasteiger partial charge in [-0.25, -0.2) is 0 Å². The number of rotatable bonds is 8. The highest BCUT2D eigenvalue weighted by Gasteiger charge is 2.18. The maximum atomic E-state index is 12.2. The van der Waals surface area contributed by atoms with Crippen LogP contribution in [0, 0.1) is 0 Å². The molecule has 1 unspecified atom stereocenters. The minimum atomic E-state index is 0.000224. The molecule has 0 aliphatic heterocycles. The molecule has 1 atom stereocenters. The number of hydrogen-bond acceptors (Lipinski definition) is 2. The van der Waals surface area contributed by atoms with E-state index in [1.165, 1.54) is 0 Å². The van der Waals surface area contributed by atoms with Crippen LogP contribution in [0.15, 0.2) is 24.3 Å². The minimum Gasteiger partial charge on any atom is -0.339 e. The average molecular weight is 297 g/mol. The number of carbonyl (C=O) groups excluding carboxylic acids is 1. The molecule has 0 saturated heterocycles. The molecule has 4 heteroatoms. The van der Waals surface area contributed by atoms with Gasteiger partial charge < -0.3 is 10.6 Å². The number of unbranched alkanes of at least 4 members (excludes halogenated alkanes) is 3. The second-order valence-corrected chi connectivity index (χ2v) is 5.56. The van der Waals surface area contributed by atoms with Crippen molar-refractivity contribution in [2.75, 3.05) is 13.6 Å². The van der Waals surface area contributed by atoms with Gasteiger partial charge in [0.1, 0.15) is 0 Å². The zero-order valence-electron chi connectivity index (χ0n) is 12.4. The molecule has 0 fully saturated rings. The van der Waals surface area contributed by atoms with E-state index in [0.717, 1.165) is 37.8 Å². The molecule has 0 aliphatic carbocycles. The van der Waals surface area contributed by atoms with Crippen LogP contribution in [0.5, 0.6) is 0 Å². The van der Waals surface area contributed by atoms with Crippen LogP contribution in [0.1, 0.15) is 50.6 Å². The molecule has 3 nitrogen and oxygen atoms in total. The van der Waals surface area contributed by atoms with Crippen LogP contribution in [-0.4, -0.2) is 24.4 Å². The molecule has 1 amide bonds. The minimum absolute atomic E-state index is 0.000224. The Kier molecular flexibility index (Phi) is 7.63. The van der Waals surface area contributed by atoms with Gasteiger partial charge in [0.25, 0.3) is 0 Å². The molecule has 0 aromatic heterocycles. The van der Waals surface area contributed by atoms with E-state index in [1.54, 1.807) is 4.90 Å². The standard InChI is InChI=1S/C16H25ClN2O/c1-13(14-9-6-7-10-15(14)17)19(2)16(20)11-5-3-4-8-12-18/h6-7,9-10,13H,3-5,8,11-12,18H2,1-2H3. The molecule has 112 valence electrons. The summed E-state index contributed by atoms with van der Waals surface area (Å²) in [4.78, 5) is 13.9. The van der Waals surface area contributed by atoms with Gasteiger partial charge in [-0.3, -0.25) is 4.79 Å². The first-order valence-electron chi connectivity index (χ1n) is 7.28. The van der Waals surface area contributed by atoms with Gasteiger partial charge in [0.2, 0.25) is 5.91 Å². The van der Waals surface area contributed by atoms with Crippen molar-refractivity contribution in [2.24, 2.45) is 5.73 Å². The van der Waals surface area contributed by atoms with Crippen molar-refractivity contribution < 1.29 is 4.79 Å². The van der Waals surface area contributed by atoms with Crippen molar-refractivity contribution in [2.45, 2.75) is 45.1 Å². The molecule has 0 aliphatic rings. The zero-order chi connectivity index (χ0) is 15.0. The van der Waals surface area contributed by atoms with E-state index in [0.29, 0.717) is 11.4 Å². The van der Waals surface area contributed by atoms with Crippen LogP contribution in [0.4, 0.5) is 0 Å². The number of amides is 1. The van der Waals surface area contributed by atoms with Crippen molar-refractivity contribution in [1.29, 1.82) is 0 Å². The molecule has 0 spiro atoms. The summed E-state index contributed by atoms with van der Waals surface area (Å²) in [7, 11) is 1.84. The van der Waals surface area contributed by atoms with Crippen LogP contribution >= 0.6 is 11.6 Å². The van der Waals surface area contributed by atoms with E-state index < -0.39 is 0 Å². The van der Waals surface area contributed by atoms with Crippen LogP contribution in [0.25, 0.3) is 0 Å². The fourth-order valence-corrected chi connectivity index (χ4v) is 2.48. The number of benzene rings is 1. The summed E-state index contributed by atoms with van der Waals surface area (Å²) >= 11 is 6.18. The summed E-state index contributed by atoms with van der Waals surface area (Å²) < 4.78 is 0. The van der Waals surface area contributed by atoms with E-state index in [4.69, 9.17) is 17.3 Å². The Labute approximate surface area is 127 Å². The first-order valence-corrected chi connectivity index (χ1v) is 7.66. The van der Waals surface area contributed by atoms with Gasteiger partial charge in [-0.15, -0.1) is 0 Å². The molecule has 1 aromatic carbocycles. The number of halogens is 1. The van der Waals surface area contributed by atoms with Crippen molar-refractivity contribution in [1.82, 2.24) is 4.90 Å². The second-order valence-electron chi connectivity index (χ2n) is 5.16. The fourth-order valence-electron chi connectivity index (χ4n) is 2.19. The van der Waals surface area contributed by atoms with E-state index in [1.807, 2.05) is 38.2 Å². The van der Waals surface area contributed by atoms with Crippen LogP contribution in [0.3, 0.4) is 0 Å². The Morgan fingerprint density at radius 2 is 1.90 bits per heavy atom. The largest absolute Gasteiger partial charge is 0.339 e. The predicted molar refractivity (Wildman–Crippen MR) is 84.8 cm³/mol. The Morgan fingerprint density at radius 1 is 1.25 bits per heavy atom. The van der Waals surface area contributed by atoms with Crippen molar-refractivity contribution >= 4 is 17.5 Å². The second kappa shape index (κ2) is 8.98. The summed E-state index contributed by atoms with van der Waals surface area (Å²) in [6.45, 7) is 2.74. The van der Waals surface area contributed by atoms with Gasteiger partial charge >= 0.3 is 0 Å². The fraction of sp³-hybridized carbons (Fsp3) is 0.562. The molecule has 20 heavy (non-hydrogen) atoms. The third kappa shape index (κ3) is 5.14. The Balaban J connectivity index is 2.46. The monoisotopic (exact) mass is 296 g/mol. The highest BCUT2D eigenvalue weighted by molar-refractivity contribution is 6.31. The number of carbonyl (C=O) groups is 1. The maximum Gasteiger partial charge on any atom is 0.222 e. The lowest BCUT2D eigenvalue weighted by Crippen LogP contribution is -2.29. The van der Waals surface area contributed by atoms with E-state index >= 15 is 0 Å². The van der Waals surface area contributed by atoms with Gasteiger partial charge in [0.05, 0.1) is 6.04 Å². The van der Waals surface area contributed by atoms with Crippen molar-refractivity contribution in [3.8, 4) is 0 Å². The molecule has 0 heterocycles. The summed E-state index contributed by atoms with van der Waals surface area (Å²) in [6.07, 6.45) is 4.74. The SMILES string of the molecule is CC(c1ccccc1Cl)N(C)C(=O)CCCCCCN. The summed E-state index contributed by atoms with van der Waals surface area (Å²) in [6, 6.07) is 7.68. The molecular weight excluding hydrogens is 272 g/mol. The zero-order valence-corrected chi connectivity index (χ0v) is 13.2. The molecule has 0 saturated carbocycles. The first kappa shape index (κ1) is 17.0. The van der Waals surface area contributed by atoms with E-state index in [9.17, 15) is 4.79 Å². The number of hydrogen-bond donors (Lipinski definition) is 1. The van der Waals surface area contributed by atoms with Crippen LogP contribution < -0.4 is 5.73 Å². The number of nitrogens with two attached hydrogens (primary N) is 1. The lowest BCUT2D eigenvalue weighted by atomic mass is 10.1. The summed E-state index contributed by atoms with van der Waals surface area (Å²) in [5, 5.41) is 0.711. The normalized spacial score (nSPS) is 12.2. The smallest absolute Gasteiger partial charge is 0.222 e. The van der Waals surface area contributed by atoms with Gasteiger partial charge in [-0.2, -0.15) is 0 Å². The summed E-state index contributed by atoms with van der Waals surface area (Å²) in [5.41, 5.74) is 6.44. The maximum absolute atomic E-state index is 12.2. The van der Waals surface area contributed by atoms with Crippen molar-refractivity contribution in [3.05, 3.63) is 34.9 Å². The summed E-state index contributed by atoms with van der Waals surface area (Å²) in [5.74, 6) is 0.171. The van der Waals surface area contributed by atoms with Gasteiger partial charge in [-0.05, 0) is 37.9 Å². The van der Waals surface area contributed by atoms with Gasteiger partial charge in [-0.1, -0.05) is 42.6 Å². The molecule has 1 aromatic rings. The van der Waals surface area contributed by atoms with Crippen molar-refractivity contribution in [3.63, 3.8) is 0 Å². The number of nitrogens with zero attached hydrogens (tertiary/aromatic N) is 1. The Morgan fingerprint density at radius 3 is 2.55 bits per heavy atom. The quantitative estimate of drug-likeness (QED) is 0.742. The molecular formula is C16H25ClN2O. The lowest BCUT2D eigenvalue weighted by Gasteiger charge is -2.26. The molecule has 0 bridgehead atoms. The average Bonchev–Trinajstić information content (AvgIpc) is 2.46. The third-order valence-corrected chi connectivity index (χ3v) is 4.02. The first-order chi connectivity index (χ1) is 9.57. The van der Waals surface area contributed by atoms with Crippen LogP contribution in [0.2, 0.25) is 5.02 Å².